The molecule has 2 aromatic heterocycles. The number of pyridine rings is 1. The van der Waals surface area contributed by atoms with Crippen molar-refractivity contribution in [2.75, 3.05) is 18.4 Å². The number of amides is 1. The Morgan fingerprint density at radius 3 is 3.04 bits per heavy atom. The van der Waals surface area contributed by atoms with E-state index < -0.39 is 0 Å². The molecule has 3 aromatic rings. The van der Waals surface area contributed by atoms with Crippen molar-refractivity contribution in [3.63, 3.8) is 0 Å². The second-order valence-corrected chi connectivity index (χ2v) is 7.07. The number of carbonyl (C=O) groups is 1. The van der Waals surface area contributed by atoms with Crippen LogP contribution in [0.3, 0.4) is 0 Å². The SMILES string of the molecule is Cc1[nH]nc2ncc(NC(=O)CC3CCN(Cc4ccccc4)C3)cc12. The van der Waals surface area contributed by atoms with Crippen LogP contribution in [0.2, 0.25) is 0 Å². The number of hydrogen-bond acceptors (Lipinski definition) is 4. The molecule has 26 heavy (non-hydrogen) atoms. The van der Waals surface area contributed by atoms with Gasteiger partial charge in [-0.25, -0.2) is 4.98 Å². The fraction of sp³-hybridized carbons (Fsp3) is 0.350. The predicted molar refractivity (Wildman–Crippen MR) is 102 cm³/mol. The van der Waals surface area contributed by atoms with Crippen molar-refractivity contribution >= 4 is 22.6 Å². The highest BCUT2D eigenvalue weighted by Crippen LogP contribution is 2.23. The highest BCUT2D eigenvalue weighted by molar-refractivity contribution is 5.93. The summed E-state index contributed by atoms with van der Waals surface area (Å²) < 4.78 is 0. The number of fused-ring (bicyclic) bond motifs is 1. The third kappa shape index (κ3) is 3.75. The van der Waals surface area contributed by atoms with Crippen LogP contribution in [0.1, 0.15) is 24.1 Å². The lowest BCUT2D eigenvalue weighted by Gasteiger charge is -2.16. The lowest BCUT2D eigenvalue weighted by atomic mass is 10.0. The fourth-order valence-corrected chi connectivity index (χ4v) is 3.63. The second kappa shape index (κ2) is 7.25. The Bertz CT molecular complexity index is 905. The number of hydrogen-bond donors (Lipinski definition) is 2. The van der Waals surface area contributed by atoms with Gasteiger partial charge in [-0.15, -0.1) is 0 Å². The zero-order valence-electron chi connectivity index (χ0n) is 14.9. The van der Waals surface area contributed by atoms with Crippen LogP contribution >= 0.6 is 0 Å². The first-order chi connectivity index (χ1) is 12.7. The molecule has 1 aliphatic rings. The Kier molecular flexibility index (Phi) is 4.67. The van der Waals surface area contributed by atoms with Gasteiger partial charge in [0, 0.05) is 30.6 Å². The standard InChI is InChI=1S/C20H23N5O/c1-14-18-10-17(11-21-20(18)24-23-14)22-19(26)9-16-7-8-25(13-16)12-15-5-3-2-4-6-15/h2-6,10-11,16H,7-9,12-13H2,1H3,(H,22,26)(H,21,23,24). The molecule has 0 aliphatic carbocycles. The van der Waals surface area contributed by atoms with Gasteiger partial charge in [-0.05, 0) is 37.4 Å². The maximum Gasteiger partial charge on any atom is 0.224 e. The van der Waals surface area contributed by atoms with Crippen LogP contribution in [0, 0.1) is 12.8 Å². The first-order valence-corrected chi connectivity index (χ1v) is 9.04. The molecule has 1 atom stereocenters. The van der Waals surface area contributed by atoms with Gasteiger partial charge in [-0.3, -0.25) is 14.8 Å². The highest BCUT2D eigenvalue weighted by Gasteiger charge is 2.24. The van der Waals surface area contributed by atoms with E-state index in [1.807, 2.05) is 19.1 Å². The molecule has 2 N–H and O–H groups in total. The van der Waals surface area contributed by atoms with Crippen LogP contribution in [-0.2, 0) is 11.3 Å². The van der Waals surface area contributed by atoms with Gasteiger partial charge < -0.3 is 5.32 Å². The van der Waals surface area contributed by atoms with E-state index in [0.29, 0.717) is 18.0 Å². The summed E-state index contributed by atoms with van der Waals surface area (Å²) in [5.41, 5.74) is 3.68. The van der Waals surface area contributed by atoms with Gasteiger partial charge in [0.2, 0.25) is 5.91 Å². The molecular weight excluding hydrogens is 326 g/mol. The lowest BCUT2D eigenvalue weighted by Crippen LogP contribution is -2.22. The number of likely N-dealkylation sites (tertiary alicyclic amines) is 1. The summed E-state index contributed by atoms with van der Waals surface area (Å²) >= 11 is 0. The van der Waals surface area contributed by atoms with Crippen LogP contribution in [0.15, 0.2) is 42.6 Å². The third-order valence-electron chi connectivity index (χ3n) is 4.98. The zero-order chi connectivity index (χ0) is 17.9. The Hall–Kier alpha value is -2.73. The summed E-state index contributed by atoms with van der Waals surface area (Å²) in [7, 11) is 0. The number of H-pyrrole nitrogens is 1. The summed E-state index contributed by atoms with van der Waals surface area (Å²) in [5.74, 6) is 0.463. The Labute approximate surface area is 152 Å². The van der Waals surface area contributed by atoms with Crippen molar-refractivity contribution in [2.45, 2.75) is 26.3 Å². The Balaban J connectivity index is 1.31. The number of aryl methyl sites for hydroxylation is 1. The van der Waals surface area contributed by atoms with E-state index >= 15 is 0 Å². The van der Waals surface area contributed by atoms with E-state index in [2.05, 4.69) is 49.7 Å². The molecule has 134 valence electrons. The van der Waals surface area contributed by atoms with Crippen LogP contribution in [0.4, 0.5) is 5.69 Å². The van der Waals surface area contributed by atoms with Crippen LogP contribution in [0.5, 0.6) is 0 Å². The topological polar surface area (TPSA) is 73.9 Å². The van der Waals surface area contributed by atoms with Crippen LogP contribution < -0.4 is 5.32 Å². The summed E-state index contributed by atoms with van der Waals surface area (Å²) in [4.78, 5) is 19.1. The van der Waals surface area contributed by atoms with Crippen molar-refractivity contribution in [3.05, 3.63) is 53.9 Å². The molecule has 4 rings (SSSR count). The average Bonchev–Trinajstić information content (AvgIpc) is 3.22. The summed E-state index contributed by atoms with van der Waals surface area (Å²) in [6.45, 7) is 4.93. The van der Waals surface area contributed by atoms with Crippen molar-refractivity contribution in [1.82, 2.24) is 20.1 Å². The zero-order valence-corrected chi connectivity index (χ0v) is 14.9. The molecule has 1 aliphatic heterocycles. The summed E-state index contributed by atoms with van der Waals surface area (Å²) in [6, 6.07) is 12.4. The molecule has 1 unspecified atom stereocenters. The minimum absolute atomic E-state index is 0.0545. The average molecular weight is 349 g/mol. The van der Waals surface area contributed by atoms with E-state index in [-0.39, 0.29) is 5.91 Å². The minimum atomic E-state index is 0.0545. The van der Waals surface area contributed by atoms with E-state index in [4.69, 9.17) is 0 Å². The summed E-state index contributed by atoms with van der Waals surface area (Å²) in [5, 5.41) is 10.9. The van der Waals surface area contributed by atoms with Gasteiger partial charge >= 0.3 is 0 Å². The van der Waals surface area contributed by atoms with E-state index in [9.17, 15) is 4.79 Å². The number of anilines is 1. The van der Waals surface area contributed by atoms with E-state index in [1.165, 1.54) is 5.56 Å². The second-order valence-electron chi connectivity index (χ2n) is 7.07. The monoisotopic (exact) mass is 349 g/mol. The van der Waals surface area contributed by atoms with Gasteiger partial charge in [0.15, 0.2) is 5.65 Å². The fourth-order valence-electron chi connectivity index (χ4n) is 3.63. The van der Waals surface area contributed by atoms with Gasteiger partial charge in [0.1, 0.15) is 0 Å². The number of nitrogens with one attached hydrogen (secondary N) is 2. The van der Waals surface area contributed by atoms with Gasteiger partial charge in [-0.1, -0.05) is 30.3 Å². The number of aromatic amines is 1. The predicted octanol–water partition coefficient (Wildman–Crippen LogP) is 3.12. The van der Waals surface area contributed by atoms with Gasteiger partial charge in [-0.2, -0.15) is 5.10 Å². The summed E-state index contributed by atoms with van der Waals surface area (Å²) in [6.07, 6.45) is 3.28. The first kappa shape index (κ1) is 16.7. The maximum atomic E-state index is 12.4. The Morgan fingerprint density at radius 1 is 1.35 bits per heavy atom. The highest BCUT2D eigenvalue weighted by atomic mass is 16.1. The van der Waals surface area contributed by atoms with E-state index in [0.717, 1.165) is 42.8 Å². The van der Waals surface area contributed by atoms with Crippen molar-refractivity contribution in [1.29, 1.82) is 0 Å². The largest absolute Gasteiger partial charge is 0.325 e. The van der Waals surface area contributed by atoms with Crippen LogP contribution in [-0.4, -0.2) is 39.1 Å². The molecule has 1 fully saturated rings. The minimum Gasteiger partial charge on any atom is -0.325 e. The molecule has 0 radical (unpaired) electrons. The number of benzene rings is 1. The van der Waals surface area contributed by atoms with Gasteiger partial charge in [0.25, 0.3) is 0 Å². The normalized spacial score (nSPS) is 17.7. The number of carbonyl (C=O) groups excluding carboxylic acids is 1. The third-order valence-corrected chi connectivity index (χ3v) is 4.98. The smallest absolute Gasteiger partial charge is 0.224 e. The lowest BCUT2D eigenvalue weighted by molar-refractivity contribution is -0.117. The van der Waals surface area contributed by atoms with Crippen LogP contribution in [0.25, 0.3) is 11.0 Å². The molecule has 0 saturated carbocycles. The van der Waals surface area contributed by atoms with Gasteiger partial charge in [0.05, 0.1) is 11.9 Å². The van der Waals surface area contributed by atoms with Crippen molar-refractivity contribution in [2.24, 2.45) is 5.92 Å². The number of nitrogens with zero attached hydrogens (tertiary/aromatic N) is 3. The molecule has 0 spiro atoms. The molecule has 3 heterocycles. The molecule has 1 saturated heterocycles. The molecule has 1 aromatic carbocycles. The molecule has 1 amide bonds. The number of rotatable bonds is 5. The molecular formula is C20H23N5O. The number of aromatic nitrogens is 3. The maximum absolute atomic E-state index is 12.4. The molecule has 6 heteroatoms. The van der Waals surface area contributed by atoms with Crippen molar-refractivity contribution < 1.29 is 4.79 Å². The molecule has 0 bridgehead atoms. The molecule has 6 nitrogen and oxygen atoms in total. The quantitative estimate of drug-likeness (QED) is 0.742. The van der Waals surface area contributed by atoms with Crippen molar-refractivity contribution in [3.8, 4) is 0 Å². The first-order valence-electron chi connectivity index (χ1n) is 9.04. The van der Waals surface area contributed by atoms with E-state index in [1.54, 1.807) is 6.20 Å². The Morgan fingerprint density at radius 2 is 2.19 bits per heavy atom.